The highest BCUT2D eigenvalue weighted by Crippen LogP contribution is 2.27. The number of ether oxygens (including phenoxy) is 1. The third-order valence-corrected chi connectivity index (χ3v) is 3.69. The summed E-state index contributed by atoms with van der Waals surface area (Å²) < 4.78 is 56.4. The van der Waals surface area contributed by atoms with Gasteiger partial charge in [0.05, 0.1) is 6.61 Å². The van der Waals surface area contributed by atoms with E-state index in [-0.39, 0.29) is 6.61 Å². The molecule has 0 aliphatic carbocycles. The summed E-state index contributed by atoms with van der Waals surface area (Å²) in [6.07, 6.45) is 3.64. The second-order valence-corrected chi connectivity index (χ2v) is 5.84. The van der Waals surface area contributed by atoms with Crippen LogP contribution in [0.4, 0.5) is 8.78 Å². The molecule has 0 spiro atoms. The Morgan fingerprint density at radius 3 is 2.67 bits per heavy atom. The second kappa shape index (κ2) is 5.78. The molecule has 1 heterocycles. The van der Waals surface area contributed by atoms with Gasteiger partial charge in [-0.1, -0.05) is 0 Å². The molecule has 2 N–H and O–H groups in total. The maximum atomic E-state index is 13.7. The zero-order valence-electron chi connectivity index (χ0n) is 11.1. The maximum absolute atomic E-state index is 13.7. The van der Waals surface area contributed by atoms with Crippen LogP contribution >= 0.6 is 0 Å². The van der Waals surface area contributed by atoms with Crippen LogP contribution in [0.15, 0.2) is 29.4 Å². The van der Waals surface area contributed by atoms with Crippen LogP contribution in [0.25, 0.3) is 0 Å². The summed E-state index contributed by atoms with van der Waals surface area (Å²) in [5.74, 6) is -2.09. The van der Waals surface area contributed by atoms with Gasteiger partial charge in [-0.25, -0.2) is 27.3 Å². The van der Waals surface area contributed by atoms with Crippen molar-refractivity contribution in [3.05, 3.63) is 42.0 Å². The van der Waals surface area contributed by atoms with Gasteiger partial charge in [0.2, 0.25) is 10.0 Å². The summed E-state index contributed by atoms with van der Waals surface area (Å²) in [5, 5.41) is 4.93. The van der Waals surface area contributed by atoms with Crippen molar-refractivity contribution in [2.75, 3.05) is 6.61 Å². The van der Waals surface area contributed by atoms with E-state index in [0.717, 1.165) is 0 Å². The van der Waals surface area contributed by atoms with E-state index in [1.54, 1.807) is 24.0 Å². The Morgan fingerprint density at radius 1 is 1.38 bits per heavy atom. The Balaban J connectivity index is 2.22. The van der Waals surface area contributed by atoms with Crippen LogP contribution in [0.5, 0.6) is 5.75 Å². The summed E-state index contributed by atoms with van der Waals surface area (Å²) in [6, 6.07) is 1.15. The Kier molecular flexibility index (Phi) is 4.24. The number of nitrogens with two attached hydrogens (primary N) is 1. The van der Waals surface area contributed by atoms with Gasteiger partial charge in [0.1, 0.15) is 16.5 Å². The third kappa shape index (κ3) is 3.56. The molecule has 0 fully saturated rings. The number of sulfonamides is 1. The number of imidazole rings is 1. The molecule has 2 rings (SSSR count). The van der Waals surface area contributed by atoms with E-state index in [1.165, 1.54) is 0 Å². The van der Waals surface area contributed by atoms with Crippen LogP contribution in [0.2, 0.25) is 0 Å². The zero-order valence-corrected chi connectivity index (χ0v) is 11.9. The van der Waals surface area contributed by atoms with Crippen molar-refractivity contribution in [3.8, 4) is 5.75 Å². The largest absolute Gasteiger partial charge is 0.489 e. The first-order chi connectivity index (χ1) is 9.79. The first-order valence-electron chi connectivity index (χ1n) is 5.90. The molecule has 9 heteroatoms. The number of aromatic nitrogens is 2. The number of aryl methyl sites for hydroxylation is 1. The van der Waals surface area contributed by atoms with E-state index in [2.05, 4.69) is 4.98 Å². The highest BCUT2D eigenvalue weighted by Gasteiger charge is 2.21. The van der Waals surface area contributed by atoms with Gasteiger partial charge in [0, 0.05) is 31.9 Å². The van der Waals surface area contributed by atoms with E-state index in [1.807, 2.05) is 0 Å². The molecule has 21 heavy (non-hydrogen) atoms. The molecule has 0 bridgehead atoms. The molecule has 0 amide bonds. The molecule has 0 aliphatic heterocycles. The average molecular weight is 317 g/mol. The molecule has 0 saturated carbocycles. The molecule has 1 aromatic heterocycles. The predicted octanol–water partition coefficient (Wildman–Crippen LogP) is 0.967. The normalized spacial score (nSPS) is 11.6. The van der Waals surface area contributed by atoms with Gasteiger partial charge < -0.3 is 9.30 Å². The van der Waals surface area contributed by atoms with Crippen molar-refractivity contribution in [3.63, 3.8) is 0 Å². The van der Waals surface area contributed by atoms with E-state index in [9.17, 15) is 17.2 Å². The fraction of sp³-hybridized carbons (Fsp3) is 0.250. The lowest BCUT2D eigenvalue weighted by Gasteiger charge is -2.11. The minimum Gasteiger partial charge on any atom is -0.489 e. The summed E-state index contributed by atoms with van der Waals surface area (Å²) in [4.78, 5) is 3.32. The minimum absolute atomic E-state index is 0.0318. The van der Waals surface area contributed by atoms with Gasteiger partial charge in [-0.15, -0.1) is 0 Å². The van der Waals surface area contributed by atoms with Gasteiger partial charge >= 0.3 is 0 Å². The Hall–Kier alpha value is -2.00. The van der Waals surface area contributed by atoms with Crippen molar-refractivity contribution in [2.45, 2.75) is 11.3 Å². The topological polar surface area (TPSA) is 87.2 Å². The first-order valence-corrected chi connectivity index (χ1v) is 7.44. The van der Waals surface area contributed by atoms with Crippen LogP contribution in [0.1, 0.15) is 5.82 Å². The van der Waals surface area contributed by atoms with Crippen molar-refractivity contribution in [2.24, 2.45) is 12.2 Å². The average Bonchev–Trinajstić information content (AvgIpc) is 2.76. The van der Waals surface area contributed by atoms with E-state index in [0.29, 0.717) is 24.4 Å². The van der Waals surface area contributed by atoms with E-state index < -0.39 is 32.3 Å². The lowest BCUT2D eigenvalue weighted by molar-refractivity contribution is 0.291. The highest BCUT2D eigenvalue weighted by molar-refractivity contribution is 7.89. The van der Waals surface area contributed by atoms with Crippen LogP contribution in [-0.2, 0) is 23.5 Å². The molecule has 0 radical (unpaired) electrons. The molecule has 0 saturated heterocycles. The summed E-state index contributed by atoms with van der Waals surface area (Å²) in [7, 11) is -2.52. The van der Waals surface area contributed by atoms with Crippen LogP contribution < -0.4 is 9.88 Å². The molecular formula is C12H13F2N3O3S. The number of primary sulfonamides is 1. The Morgan fingerprint density at radius 2 is 2.10 bits per heavy atom. The number of rotatable bonds is 5. The zero-order chi connectivity index (χ0) is 15.6. The molecular weight excluding hydrogens is 304 g/mol. The lowest BCUT2D eigenvalue weighted by Crippen LogP contribution is -2.16. The molecule has 114 valence electrons. The summed E-state index contributed by atoms with van der Waals surface area (Å²) in [6.45, 7) is -0.0318. The fourth-order valence-corrected chi connectivity index (χ4v) is 2.46. The van der Waals surface area contributed by atoms with Crippen LogP contribution in [0.3, 0.4) is 0 Å². The van der Waals surface area contributed by atoms with Gasteiger partial charge in [0.25, 0.3) is 0 Å². The standard InChI is InChI=1S/C12H13F2N3O3S/c1-17-4-3-16-11(17)2-5-20-12-9(14)6-8(13)7-10(12)21(15,18)19/h3-4,6-7H,2,5H2,1H3,(H2,15,18,19). The van der Waals surface area contributed by atoms with Gasteiger partial charge in [-0.2, -0.15) is 0 Å². The number of benzene rings is 1. The Labute approximate surface area is 120 Å². The first kappa shape index (κ1) is 15.4. The molecule has 2 aromatic rings. The molecule has 0 atom stereocenters. The smallest absolute Gasteiger partial charge is 0.241 e. The van der Waals surface area contributed by atoms with Gasteiger partial charge in [-0.3, -0.25) is 0 Å². The number of hydrogen-bond donors (Lipinski definition) is 1. The quantitative estimate of drug-likeness (QED) is 0.890. The van der Waals surface area contributed by atoms with Crippen molar-refractivity contribution in [1.29, 1.82) is 0 Å². The maximum Gasteiger partial charge on any atom is 0.241 e. The second-order valence-electron chi connectivity index (χ2n) is 4.31. The van der Waals surface area contributed by atoms with E-state index >= 15 is 0 Å². The van der Waals surface area contributed by atoms with Crippen LogP contribution in [0, 0.1) is 11.6 Å². The number of hydrogen-bond acceptors (Lipinski definition) is 4. The third-order valence-electron chi connectivity index (χ3n) is 2.77. The Bertz CT molecular complexity index is 759. The number of halogens is 2. The predicted molar refractivity (Wildman–Crippen MR) is 70.1 cm³/mol. The molecule has 0 aliphatic rings. The van der Waals surface area contributed by atoms with Gasteiger partial charge in [0.15, 0.2) is 11.6 Å². The molecule has 6 nitrogen and oxygen atoms in total. The SMILES string of the molecule is Cn1ccnc1CCOc1c(F)cc(F)cc1S(N)(=O)=O. The molecule has 1 aromatic carbocycles. The molecule has 0 unspecified atom stereocenters. The van der Waals surface area contributed by atoms with Crippen molar-refractivity contribution >= 4 is 10.0 Å². The van der Waals surface area contributed by atoms with Crippen molar-refractivity contribution in [1.82, 2.24) is 9.55 Å². The highest BCUT2D eigenvalue weighted by atomic mass is 32.2. The summed E-state index contributed by atoms with van der Waals surface area (Å²) in [5.41, 5.74) is 0. The number of nitrogens with zero attached hydrogens (tertiary/aromatic N) is 2. The van der Waals surface area contributed by atoms with Crippen molar-refractivity contribution < 1.29 is 21.9 Å². The summed E-state index contributed by atoms with van der Waals surface area (Å²) >= 11 is 0. The van der Waals surface area contributed by atoms with Crippen LogP contribution in [-0.4, -0.2) is 24.6 Å². The van der Waals surface area contributed by atoms with E-state index in [4.69, 9.17) is 9.88 Å². The fourth-order valence-electron chi connectivity index (χ4n) is 1.77. The lowest BCUT2D eigenvalue weighted by atomic mass is 10.3. The van der Waals surface area contributed by atoms with Gasteiger partial charge in [-0.05, 0) is 6.07 Å². The monoisotopic (exact) mass is 317 g/mol. The minimum atomic E-state index is -4.30.